The number of amides is 1. The molecule has 1 saturated heterocycles. The second-order valence-electron chi connectivity index (χ2n) is 5.35. The van der Waals surface area contributed by atoms with E-state index in [4.69, 9.17) is 0 Å². The number of hydrogen-bond acceptors (Lipinski definition) is 5. The normalized spacial score (nSPS) is 16.0. The van der Waals surface area contributed by atoms with Gasteiger partial charge in [-0.05, 0) is 25.1 Å². The zero-order valence-electron chi connectivity index (χ0n) is 13.0. The number of aromatic nitrogens is 2. The Balaban J connectivity index is 1.86. The third kappa shape index (κ3) is 4.67. The van der Waals surface area contributed by atoms with E-state index in [9.17, 15) is 4.79 Å². The maximum atomic E-state index is 11.6. The average Bonchev–Trinajstić information content (AvgIpc) is 2.54. The van der Waals surface area contributed by atoms with Crippen LogP contribution in [0.5, 0.6) is 0 Å². The van der Waals surface area contributed by atoms with E-state index in [2.05, 4.69) is 39.2 Å². The molecule has 0 aromatic carbocycles. The fourth-order valence-electron chi connectivity index (χ4n) is 2.40. The second-order valence-corrected chi connectivity index (χ2v) is 5.35. The molecular formula is C15H25N5O. The molecule has 21 heavy (non-hydrogen) atoms. The molecule has 0 aliphatic carbocycles. The van der Waals surface area contributed by atoms with E-state index in [0.717, 1.165) is 51.4 Å². The number of carbonyl (C=O) groups excluding carboxylic acids is 1. The summed E-state index contributed by atoms with van der Waals surface area (Å²) in [6.07, 6.45) is 2.46. The molecule has 0 radical (unpaired) electrons. The molecule has 1 aromatic rings. The lowest BCUT2D eigenvalue weighted by Gasteiger charge is -2.34. The Kier molecular flexibility index (Phi) is 5.92. The van der Waals surface area contributed by atoms with Gasteiger partial charge in [0.2, 0.25) is 5.91 Å². The molecule has 116 valence electrons. The van der Waals surface area contributed by atoms with Crippen molar-refractivity contribution in [2.24, 2.45) is 0 Å². The molecule has 6 nitrogen and oxygen atoms in total. The molecule has 2 rings (SSSR count). The molecule has 1 aromatic heterocycles. The van der Waals surface area contributed by atoms with E-state index >= 15 is 0 Å². The Morgan fingerprint density at radius 3 is 2.52 bits per heavy atom. The molecular weight excluding hydrogens is 266 g/mol. The van der Waals surface area contributed by atoms with Crippen LogP contribution in [0.25, 0.3) is 0 Å². The first-order valence-electron chi connectivity index (χ1n) is 7.83. The van der Waals surface area contributed by atoms with E-state index in [1.54, 1.807) is 0 Å². The lowest BCUT2D eigenvalue weighted by Crippen LogP contribution is -2.46. The number of anilines is 2. The molecule has 0 spiro atoms. The number of likely N-dealkylation sites (N-methyl/N-ethyl adjacent to an activating group) is 1. The summed E-state index contributed by atoms with van der Waals surface area (Å²) < 4.78 is 0. The van der Waals surface area contributed by atoms with Crippen LogP contribution in [0.1, 0.15) is 33.1 Å². The number of carbonyl (C=O) groups is 1. The quantitative estimate of drug-likeness (QED) is 0.865. The van der Waals surface area contributed by atoms with Crippen LogP contribution in [0.15, 0.2) is 12.1 Å². The fourth-order valence-corrected chi connectivity index (χ4v) is 2.40. The van der Waals surface area contributed by atoms with Crippen molar-refractivity contribution < 1.29 is 4.79 Å². The number of hydrogen-bond donors (Lipinski definition) is 1. The number of rotatable bonds is 6. The lowest BCUT2D eigenvalue weighted by molar-refractivity contribution is -0.116. The van der Waals surface area contributed by atoms with Gasteiger partial charge in [0.1, 0.15) is 0 Å². The third-order valence-electron chi connectivity index (χ3n) is 3.82. The summed E-state index contributed by atoms with van der Waals surface area (Å²) in [5.41, 5.74) is 0. The maximum absolute atomic E-state index is 11.6. The SMILES string of the molecule is CCCCC(=O)Nc1ccc(N2CCN(CC)CC2)nn1. The smallest absolute Gasteiger partial charge is 0.225 e. The summed E-state index contributed by atoms with van der Waals surface area (Å²) in [6, 6.07) is 3.77. The van der Waals surface area contributed by atoms with Gasteiger partial charge in [0.05, 0.1) is 0 Å². The van der Waals surface area contributed by atoms with Crippen LogP contribution < -0.4 is 10.2 Å². The van der Waals surface area contributed by atoms with Crippen LogP contribution in [0.3, 0.4) is 0 Å². The minimum atomic E-state index is 0.00969. The van der Waals surface area contributed by atoms with Gasteiger partial charge in [-0.25, -0.2) is 0 Å². The summed E-state index contributed by atoms with van der Waals surface area (Å²) in [5, 5.41) is 11.1. The zero-order chi connectivity index (χ0) is 15.1. The maximum Gasteiger partial charge on any atom is 0.225 e. The summed E-state index contributed by atoms with van der Waals surface area (Å²) in [5.74, 6) is 1.43. The molecule has 1 aliphatic rings. The van der Waals surface area contributed by atoms with Crippen LogP contribution >= 0.6 is 0 Å². The summed E-state index contributed by atoms with van der Waals surface area (Å²) in [4.78, 5) is 16.3. The van der Waals surface area contributed by atoms with Crippen molar-refractivity contribution >= 4 is 17.5 Å². The molecule has 1 amide bonds. The Morgan fingerprint density at radius 2 is 1.95 bits per heavy atom. The van der Waals surface area contributed by atoms with Crippen molar-refractivity contribution in [1.29, 1.82) is 0 Å². The van der Waals surface area contributed by atoms with Crippen LogP contribution in [-0.2, 0) is 4.79 Å². The summed E-state index contributed by atoms with van der Waals surface area (Å²) in [6.45, 7) is 9.44. The largest absolute Gasteiger partial charge is 0.353 e. The predicted molar refractivity (Wildman–Crippen MR) is 84.5 cm³/mol. The Labute approximate surface area is 126 Å². The van der Waals surface area contributed by atoms with Gasteiger partial charge in [-0.1, -0.05) is 20.3 Å². The number of nitrogens with one attached hydrogen (secondary N) is 1. The van der Waals surface area contributed by atoms with Crippen molar-refractivity contribution in [1.82, 2.24) is 15.1 Å². The predicted octanol–water partition coefficient (Wildman–Crippen LogP) is 1.75. The highest BCUT2D eigenvalue weighted by molar-refractivity contribution is 5.89. The Hall–Kier alpha value is -1.69. The van der Waals surface area contributed by atoms with E-state index in [1.165, 1.54) is 0 Å². The van der Waals surface area contributed by atoms with Gasteiger partial charge in [-0.2, -0.15) is 0 Å². The minimum Gasteiger partial charge on any atom is -0.353 e. The van der Waals surface area contributed by atoms with Gasteiger partial charge >= 0.3 is 0 Å². The topological polar surface area (TPSA) is 61.4 Å². The van der Waals surface area contributed by atoms with Crippen molar-refractivity contribution in [3.8, 4) is 0 Å². The first-order valence-corrected chi connectivity index (χ1v) is 7.83. The molecule has 0 atom stereocenters. The second kappa shape index (κ2) is 7.93. The Morgan fingerprint density at radius 1 is 1.19 bits per heavy atom. The van der Waals surface area contributed by atoms with Gasteiger partial charge in [-0.15, -0.1) is 10.2 Å². The van der Waals surface area contributed by atoms with Crippen LogP contribution in [0.2, 0.25) is 0 Å². The van der Waals surface area contributed by atoms with Crippen LogP contribution in [0, 0.1) is 0 Å². The van der Waals surface area contributed by atoms with Crippen LogP contribution in [-0.4, -0.2) is 53.7 Å². The number of piperazine rings is 1. The van der Waals surface area contributed by atoms with Gasteiger partial charge in [0.15, 0.2) is 11.6 Å². The molecule has 1 N–H and O–H groups in total. The zero-order valence-corrected chi connectivity index (χ0v) is 13.0. The van der Waals surface area contributed by atoms with E-state index in [0.29, 0.717) is 12.2 Å². The van der Waals surface area contributed by atoms with E-state index in [1.807, 2.05) is 12.1 Å². The van der Waals surface area contributed by atoms with E-state index in [-0.39, 0.29) is 5.91 Å². The molecule has 0 unspecified atom stereocenters. The van der Waals surface area contributed by atoms with Crippen molar-refractivity contribution in [2.75, 3.05) is 42.9 Å². The minimum absolute atomic E-state index is 0.00969. The monoisotopic (exact) mass is 291 g/mol. The highest BCUT2D eigenvalue weighted by Crippen LogP contribution is 2.14. The molecule has 0 saturated carbocycles. The summed E-state index contributed by atoms with van der Waals surface area (Å²) in [7, 11) is 0. The standard InChI is InChI=1S/C15H25N5O/c1-3-5-6-15(21)16-13-7-8-14(18-17-13)20-11-9-19(4-2)10-12-20/h7-8H,3-6,9-12H2,1-2H3,(H,16,17,21). The highest BCUT2D eigenvalue weighted by atomic mass is 16.1. The Bertz CT molecular complexity index is 440. The molecule has 2 heterocycles. The van der Waals surface area contributed by atoms with Crippen LogP contribution in [0.4, 0.5) is 11.6 Å². The molecule has 6 heteroatoms. The van der Waals surface area contributed by atoms with Gasteiger partial charge < -0.3 is 15.1 Å². The van der Waals surface area contributed by atoms with Crippen molar-refractivity contribution in [2.45, 2.75) is 33.1 Å². The highest BCUT2D eigenvalue weighted by Gasteiger charge is 2.17. The number of nitrogens with zero attached hydrogens (tertiary/aromatic N) is 4. The van der Waals surface area contributed by atoms with Gasteiger partial charge in [-0.3, -0.25) is 4.79 Å². The van der Waals surface area contributed by atoms with E-state index < -0.39 is 0 Å². The molecule has 0 bridgehead atoms. The summed E-state index contributed by atoms with van der Waals surface area (Å²) >= 11 is 0. The van der Waals surface area contributed by atoms with Gasteiger partial charge in [0.25, 0.3) is 0 Å². The first-order chi connectivity index (χ1) is 10.2. The third-order valence-corrected chi connectivity index (χ3v) is 3.82. The average molecular weight is 291 g/mol. The first kappa shape index (κ1) is 15.7. The van der Waals surface area contributed by atoms with Crippen molar-refractivity contribution in [3.05, 3.63) is 12.1 Å². The molecule has 1 aliphatic heterocycles. The van der Waals surface area contributed by atoms with Gasteiger partial charge in [0, 0.05) is 32.6 Å². The molecule has 1 fully saturated rings. The number of unbranched alkanes of at least 4 members (excludes halogenated alkanes) is 1. The lowest BCUT2D eigenvalue weighted by atomic mass is 10.2. The fraction of sp³-hybridized carbons (Fsp3) is 0.667. The van der Waals surface area contributed by atoms with Crippen molar-refractivity contribution in [3.63, 3.8) is 0 Å².